The van der Waals surface area contributed by atoms with Crippen LogP contribution in [0.25, 0.3) is 0 Å². The number of primary amides is 1. The van der Waals surface area contributed by atoms with Gasteiger partial charge in [0.25, 0.3) is 0 Å². The highest BCUT2D eigenvalue weighted by atomic mass is 35.5. The van der Waals surface area contributed by atoms with Crippen molar-refractivity contribution in [2.24, 2.45) is 5.73 Å². The van der Waals surface area contributed by atoms with Crippen LogP contribution in [0.1, 0.15) is 17.5 Å². The number of hydrogen-bond donors (Lipinski definition) is 1. The Morgan fingerprint density at radius 1 is 1.44 bits per heavy atom. The highest BCUT2D eigenvalue weighted by molar-refractivity contribution is 6.31. The molecule has 87 valence electrons. The highest BCUT2D eigenvalue weighted by Gasteiger charge is 2.33. The number of benzene rings is 1. The molecule has 0 saturated heterocycles. The molecule has 2 N–H and O–H groups in total. The van der Waals surface area contributed by atoms with Gasteiger partial charge in [-0.2, -0.15) is 13.2 Å². The molecule has 0 spiro atoms. The maximum atomic E-state index is 12.4. The number of alkyl halides is 3. The van der Waals surface area contributed by atoms with Gasteiger partial charge in [-0.05, 0) is 24.1 Å². The van der Waals surface area contributed by atoms with Crippen molar-refractivity contribution in [3.05, 3.63) is 40.8 Å². The molecule has 0 atom stereocenters. The number of rotatable bonds is 3. The van der Waals surface area contributed by atoms with Crippen molar-refractivity contribution in [3.8, 4) is 0 Å². The van der Waals surface area contributed by atoms with Gasteiger partial charge < -0.3 is 5.73 Å². The van der Waals surface area contributed by atoms with Crippen LogP contribution >= 0.6 is 11.6 Å². The zero-order valence-corrected chi connectivity index (χ0v) is 8.77. The maximum Gasteiger partial charge on any atom is 0.417 e. The molecule has 1 rings (SSSR count). The van der Waals surface area contributed by atoms with E-state index >= 15 is 0 Å². The predicted octanol–water partition coefficient (Wildman–Crippen LogP) is 2.79. The van der Waals surface area contributed by atoms with Gasteiger partial charge in [0.1, 0.15) is 0 Å². The van der Waals surface area contributed by atoms with Crippen molar-refractivity contribution in [2.45, 2.75) is 12.6 Å². The monoisotopic (exact) mass is 250 g/mol. The fourth-order valence-corrected chi connectivity index (χ4v) is 1.33. The first-order valence-electron chi connectivity index (χ1n) is 4.29. The Hall–Kier alpha value is -1.23. The van der Waals surface area contributed by atoms with E-state index < -0.39 is 17.6 Å². The van der Waals surface area contributed by atoms with E-state index in [1.54, 1.807) is 0 Å². The molecule has 0 aliphatic rings. The first kappa shape index (κ1) is 12.8. The lowest BCUT2D eigenvalue weighted by Gasteiger charge is -2.10. The molecule has 0 heterocycles. The molecule has 0 aromatic heterocycles. The summed E-state index contributed by atoms with van der Waals surface area (Å²) in [5, 5.41) is -0.372. The van der Waals surface area contributed by atoms with Crippen LogP contribution in [0.4, 0.5) is 13.2 Å². The van der Waals surface area contributed by atoms with Crippen molar-refractivity contribution in [3.63, 3.8) is 0 Å². The number of carbonyl (C=O) groups excluding carboxylic acids is 1. The summed E-state index contributed by atoms with van der Waals surface area (Å²) < 4.78 is 37.3. The van der Waals surface area contributed by atoms with Gasteiger partial charge >= 0.3 is 6.18 Å². The third-order valence-electron chi connectivity index (χ3n) is 1.83. The van der Waals surface area contributed by atoms with Crippen LogP contribution < -0.4 is 5.73 Å². The first-order valence-corrected chi connectivity index (χ1v) is 4.67. The molecule has 0 aliphatic heterocycles. The zero-order chi connectivity index (χ0) is 12.3. The van der Waals surface area contributed by atoms with E-state index in [0.29, 0.717) is 0 Å². The topological polar surface area (TPSA) is 43.1 Å². The van der Waals surface area contributed by atoms with Gasteiger partial charge in [0, 0.05) is 6.42 Å². The summed E-state index contributed by atoms with van der Waals surface area (Å²) in [5.74, 6) is -0.608. The lowest BCUT2D eigenvalue weighted by atomic mass is 10.1. The average molecular weight is 251 g/mol. The Morgan fingerprint density at radius 3 is 2.56 bits per heavy atom. The molecule has 1 aromatic carbocycles. The summed E-state index contributed by atoms with van der Waals surface area (Å²) in [7, 11) is 0. The van der Waals surface area contributed by atoms with Crippen molar-refractivity contribution in [1.82, 2.24) is 0 Å². The molecular formula is C10H8ClF3NO. The summed E-state index contributed by atoms with van der Waals surface area (Å²) in [6.07, 6.45) is -3.31. The van der Waals surface area contributed by atoms with E-state index in [1.165, 1.54) is 12.5 Å². The van der Waals surface area contributed by atoms with Gasteiger partial charge in [-0.25, -0.2) is 0 Å². The molecular weight excluding hydrogens is 243 g/mol. The molecule has 2 nitrogen and oxygen atoms in total. The quantitative estimate of drug-likeness (QED) is 0.881. The summed E-state index contributed by atoms with van der Waals surface area (Å²) in [6.45, 7) is 0. The molecule has 6 heteroatoms. The molecule has 1 radical (unpaired) electrons. The van der Waals surface area contributed by atoms with Crippen LogP contribution in [0.15, 0.2) is 18.2 Å². The number of carbonyl (C=O) groups is 1. The molecule has 0 saturated carbocycles. The van der Waals surface area contributed by atoms with Crippen LogP contribution in [-0.4, -0.2) is 5.91 Å². The van der Waals surface area contributed by atoms with Gasteiger partial charge in [0.05, 0.1) is 10.6 Å². The van der Waals surface area contributed by atoms with Crippen molar-refractivity contribution in [2.75, 3.05) is 0 Å². The number of nitrogens with two attached hydrogens (primary N) is 1. The van der Waals surface area contributed by atoms with Gasteiger partial charge in [-0.15, -0.1) is 0 Å². The van der Waals surface area contributed by atoms with Crippen LogP contribution in [0.2, 0.25) is 5.02 Å². The fraction of sp³-hybridized carbons (Fsp3) is 0.200. The Bertz CT molecular complexity index is 404. The average Bonchev–Trinajstić information content (AvgIpc) is 2.14. The minimum atomic E-state index is -4.51. The van der Waals surface area contributed by atoms with Crippen molar-refractivity contribution in [1.29, 1.82) is 0 Å². The van der Waals surface area contributed by atoms with Crippen LogP contribution in [0.5, 0.6) is 0 Å². The lowest BCUT2D eigenvalue weighted by Crippen LogP contribution is -2.11. The van der Waals surface area contributed by atoms with Crippen molar-refractivity contribution < 1.29 is 18.0 Å². The molecule has 0 fully saturated rings. The minimum Gasteiger partial charge on any atom is -0.370 e. The Morgan fingerprint density at radius 2 is 2.06 bits per heavy atom. The third-order valence-corrected chi connectivity index (χ3v) is 2.16. The van der Waals surface area contributed by atoms with Crippen molar-refractivity contribution >= 4 is 17.5 Å². The molecule has 0 unspecified atom stereocenters. The second-order valence-corrected chi connectivity index (χ2v) is 3.52. The van der Waals surface area contributed by atoms with E-state index in [0.717, 1.165) is 12.1 Å². The van der Waals surface area contributed by atoms with Gasteiger partial charge in [0.15, 0.2) is 0 Å². The van der Waals surface area contributed by atoms with Gasteiger partial charge in [-0.1, -0.05) is 17.7 Å². The van der Waals surface area contributed by atoms with E-state index in [1.807, 2.05) is 0 Å². The third kappa shape index (κ3) is 3.41. The Kier molecular flexibility index (Phi) is 3.80. The Labute approximate surface area is 95.2 Å². The van der Waals surface area contributed by atoms with Gasteiger partial charge in [0.2, 0.25) is 5.91 Å². The Balaban J connectivity index is 2.94. The molecule has 0 aliphatic carbocycles. The number of halogens is 4. The normalized spacial score (nSPS) is 11.5. The minimum absolute atomic E-state index is 0.112. The standard InChI is InChI=1S/C10H8ClF3NO/c11-8-3-1-6(2-4-9(15)16)5-7(8)10(12,13)14/h1-3,5H,4H2,(H2,15,16). The maximum absolute atomic E-state index is 12.4. The summed E-state index contributed by atoms with van der Waals surface area (Å²) >= 11 is 5.42. The smallest absolute Gasteiger partial charge is 0.370 e. The van der Waals surface area contributed by atoms with E-state index in [4.69, 9.17) is 17.3 Å². The van der Waals surface area contributed by atoms with Gasteiger partial charge in [-0.3, -0.25) is 4.79 Å². The largest absolute Gasteiger partial charge is 0.417 e. The predicted molar refractivity (Wildman–Crippen MR) is 53.7 cm³/mol. The number of hydrogen-bond acceptors (Lipinski definition) is 1. The second kappa shape index (κ2) is 4.74. The lowest BCUT2D eigenvalue weighted by molar-refractivity contribution is -0.137. The van der Waals surface area contributed by atoms with E-state index in [2.05, 4.69) is 0 Å². The van der Waals surface area contributed by atoms with Crippen LogP contribution in [-0.2, 0) is 11.0 Å². The highest BCUT2D eigenvalue weighted by Crippen LogP contribution is 2.35. The van der Waals surface area contributed by atoms with E-state index in [9.17, 15) is 18.0 Å². The fourth-order valence-electron chi connectivity index (χ4n) is 1.11. The summed E-state index contributed by atoms with van der Waals surface area (Å²) in [6, 6.07) is 3.41. The van der Waals surface area contributed by atoms with Crippen LogP contribution in [0.3, 0.4) is 0 Å². The zero-order valence-electron chi connectivity index (χ0n) is 8.01. The first-order chi connectivity index (χ1) is 7.30. The molecule has 16 heavy (non-hydrogen) atoms. The summed E-state index contributed by atoms with van der Waals surface area (Å²) in [5.41, 5.74) is 4.21. The van der Waals surface area contributed by atoms with Crippen LogP contribution in [0, 0.1) is 6.42 Å². The molecule has 0 bridgehead atoms. The summed E-state index contributed by atoms with van der Waals surface area (Å²) in [4.78, 5) is 10.5. The second-order valence-electron chi connectivity index (χ2n) is 3.11. The van der Waals surface area contributed by atoms with E-state index in [-0.39, 0.29) is 17.0 Å². The SMILES string of the molecule is NC(=O)C[CH]c1ccc(Cl)c(C(F)(F)F)c1. The number of amides is 1. The molecule has 1 amide bonds. The molecule has 1 aromatic rings.